The molecule has 0 saturated carbocycles. The number of anilines is 1. The van der Waals surface area contributed by atoms with Crippen LogP contribution in [0.1, 0.15) is 21.9 Å². The van der Waals surface area contributed by atoms with Crippen LogP contribution in [0.15, 0.2) is 103 Å². The van der Waals surface area contributed by atoms with Gasteiger partial charge < -0.3 is 10.1 Å². The van der Waals surface area contributed by atoms with Gasteiger partial charge in [0.05, 0.1) is 16.7 Å². The van der Waals surface area contributed by atoms with Crippen LogP contribution < -0.4 is 10.1 Å². The van der Waals surface area contributed by atoms with Gasteiger partial charge in [-0.25, -0.2) is 0 Å². The number of hydrogen-bond acceptors (Lipinski definition) is 3. The van der Waals surface area contributed by atoms with Crippen molar-refractivity contribution in [2.75, 3.05) is 11.1 Å². The average Bonchev–Trinajstić information content (AvgIpc) is 2.82. The fourth-order valence-corrected chi connectivity index (χ4v) is 4.68. The van der Waals surface area contributed by atoms with E-state index in [1.807, 2.05) is 97.9 Å². The van der Waals surface area contributed by atoms with Crippen LogP contribution >= 0.6 is 23.4 Å². The van der Waals surface area contributed by atoms with E-state index in [1.54, 1.807) is 11.8 Å². The van der Waals surface area contributed by atoms with Gasteiger partial charge in [-0.05, 0) is 60.0 Å². The Morgan fingerprint density at radius 3 is 2.33 bits per heavy atom. The van der Waals surface area contributed by atoms with Gasteiger partial charge in [-0.1, -0.05) is 78.3 Å². The third-order valence-corrected chi connectivity index (χ3v) is 6.59. The Hall–Kier alpha value is -3.21. The molecule has 4 aromatic rings. The van der Waals surface area contributed by atoms with Crippen LogP contribution in [0, 0.1) is 6.92 Å². The highest BCUT2D eigenvalue weighted by atomic mass is 35.5. The van der Waals surface area contributed by atoms with Crippen LogP contribution in [0.4, 0.5) is 5.69 Å². The lowest BCUT2D eigenvalue weighted by atomic mass is 10.0. The molecule has 0 radical (unpaired) electrons. The monoisotopic (exact) mass is 473 g/mol. The number of benzene rings is 4. The molecule has 0 saturated heterocycles. The molecule has 1 N–H and O–H groups in total. The number of thioether (sulfide) groups is 1. The molecule has 0 heterocycles. The summed E-state index contributed by atoms with van der Waals surface area (Å²) < 4.78 is 6.03. The predicted molar refractivity (Wildman–Crippen MR) is 139 cm³/mol. The Morgan fingerprint density at radius 1 is 0.879 bits per heavy atom. The minimum absolute atomic E-state index is 0.0213. The number of nitrogens with one attached hydrogen (secondary N) is 1. The molecule has 166 valence electrons. The number of rotatable bonds is 8. The quantitative estimate of drug-likeness (QED) is 0.282. The highest BCUT2D eigenvalue weighted by Crippen LogP contribution is 2.36. The third-order valence-electron chi connectivity index (χ3n) is 5.03. The first-order valence-corrected chi connectivity index (χ1v) is 12.1. The first kappa shape index (κ1) is 23.0. The summed E-state index contributed by atoms with van der Waals surface area (Å²) in [6.07, 6.45) is 0. The van der Waals surface area contributed by atoms with Gasteiger partial charge in [0.2, 0.25) is 5.91 Å². The van der Waals surface area contributed by atoms with E-state index in [2.05, 4.69) is 17.4 Å². The van der Waals surface area contributed by atoms with E-state index in [9.17, 15) is 4.79 Å². The van der Waals surface area contributed by atoms with Gasteiger partial charge in [0.15, 0.2) is 5.75 Å². The van der Waals surface area contributed by atoms with Crippen molar-refractivity contribution in [2.45, 2.75) is 12.2 Å². The number of aryl methyl sites for hydroxylation is 1. The van der Waals surface area contributed by atoms with Crippen LogP contribution in [-0.4, -0.2) is 11.7 Å². The van der Waals surface area contributed by atoms with Gasteiger partial charge in [0, 0.05) is 5.02 Å². The smallest absolute Gasteiger partial charge is 0.234 e. The summed E-state index contributed by atoms with van der Waals surface area (Å²) in [7, 11) is 0. The summed E-state index contributed by atoms with van der Waals surface area (Å²) in [5.74, 6) is 1.55. The largest absolute Gasteiger partial charge is 0.455 e. The molecule has 4 aromatic carbocycles. The van der Waals surface area contributed by atoms with Crippen LogP contribution in [0.3, 0.4) is 0 Å². The maximum absolute atomic E-state index is 12.9. The Labute approximate surface area is 203 Å². The number of carbonyl (C=O) groups is 1. The summed E-state index contributed by atoms with van der Waals surface area (Å²) in [6, 6.07) is 33.3. The molecule has 0 aliphatic rings. The molecule has 0 spiro atoms. The van der Waals surface area contributed by atoms with Crippen molar-refractivity contribution in [1.82, 2.24) is 0 Å². The molecule has 5 heteroatoms. The number of ether oxygens (including phenoxy) is 1. The zero-order valence-corrected chi connectivity index (χ0v) is 19.8. The van der Waals surface area contributed by atoms with E-state index < -0.39 is 0 Å². The zero-order chi connectivity index (χ0) is 23.0. The van der Waals surface area contributed by atoms with Crippen molar-refractivity contribution in [3.8, 4) is 11.5 Å². The van der Waals surface area contributed by atoms with Crippen molar-refractivity contribution in [3.05, 3.63) is 125 Å². The number of para-hydroxylation sites is 2. The van der Waals surface area contributed by atoms with Crippen LogP contribution in [-0.2, 0) is 4.79 Å². The van der Waals surface area contributed by atoms with Gasteiger partial charge in [-0.2, -0.15) is 0 Å². The van der Waals surface area contributed by atoms with Crippen LogP contribution in [0.2, 0.25) is 5.02 Å². The molecule has 0 aliphatic carbocycles. The molecule has 4 rings (SSSR count). The van der Waals surface area contributed by atoms with Crippen molar-refractivity contribution in [1.29, 1.82) is 0 Å². The fourth-order valence-electron chi connectivity index (χ4n) is 3.46. The van der Waals surface area contributed by atoms with Crippen molar-refractivity contribution in [2.24, 2.45) is 0 Å². The summed E-state index contributed by atoms with van der Waals surface area (Å²) in [5, 5.41) is 3.72. The first-order valence-electron chi connectivity index (χ1n) is 10.6. The highest BCUT2D eigenvalue weighted by molar-refractivity contribution is 8.00. The molecule has 0 unspecified atom stereocenters. The van der Waals surface area contributed by atoms with Gasteiger partial charge in [0.1, 0.15) is 5.75 Å². The molecule has 1 amide bonds. The fraction of sp³-hybridized carbons (Fsp3) is 0.107. The van der Waals surface area contributed by atoms with Gasteiger partial charge in [-0.15, -0.1) is 11.8 Å². The Morgan fingerprint density at radius 2 is 1.58 bits per heavy atom. The van der Waals surface area contributed by atoms with Gasteiger partial charge >= 0.3 is 0 Å². The molecule has 0 fully saturated rings. The van der Waals surface area contributed by atoms with Crippen molar-refractivity contribution < 1.29 is 9.53 Å². The SMILES string of the molecule is Cc1cccc(Oc2ccccc2NC(=O)CS[C@H](c2ccccc2)c2ccc(Cl)cc2)c1. The number of carbonyl (C=O) groups excluding carboxylic acids is 1. The van der Waals surface area contributed by atoms with Crippen molar-refractivity contribution >= 4 is 35.0 Å². The lowest BCUT2D eigenvalue weighted by molar-refractivity contribution is -0.113. The van der Waals surface area contributed by atoms with E-state index in [4.69, 9.17) is 16.3 Å². The number of halogens is 1. The third kappa shape index (κ3) is 6.41. The average molecular weight is 474 g/mol. The Kier molecular flexibility index (Phi) is 7.71. The lowest BCUT2D eigenvalue weighted by Gasteiger charge is -2.18. The maximum Gasteiger partial charge on any atom is 0.234 e. The second-order valence-corrected chi connectivity index (χ2v) is 9.15. The summed E-state index contributed by atoms with van der Waals surface area (Å²) in [5.41, 5.74) is 4.00. The first-order chi connectivity index (χ1) is 16.1. The molecule has 0 bridgehead atoms. The Bertz CT molecular complexity index is 1210. The molecule has 33 heavy (non-hydrogen) atoms. The minimum atomic E-state index is -0.0878. The van der Waals surface area contributed by atoms with E-state index >= 15 is 0 Å². The van der Waals surface area contributed by atoms with Gasteiger partial charge in [-0.3, -0.25) is 4.79 Å². The molecule has 0 aromatic heterocycles. The molecular weight excluding hydrogens is 450 g/mol. The second kappa shape index (κ2) is 11.1. The topological polar surface area (TPSA) is 38.3 Å². The molecule has 0 aliphatic heterocycles. The van der Waals surface area contributed by atoms with Gasteiger partial charge in [0.25, 0.3) is 0 Å². The summed E-state index contributed by atoms with van der Waals surface area (Å²) >= 11 is 7.66. The standard InChI is InChI=1S/C28H24ClNO2S/c1-20-8-7-11-24(18-20)32-26-13-6-5-12-25(26)30-27(31)19-33-28(21-9-3-2-4-10-21)22-14-16-23(29)17-15-22/h2-18,28H,19H2,1H3,(H,30,31)/t28-/m1/s1. The lowest BCUT2D eigenvalue weighted by Crippen LogP contribution is -2.15. The van der Waals surface area contributed by atoms with E-state index in [0.717, 1.165) is 22.4 Å². The Balaban J connectivity index is 1.46. The number of hydrogen-bond donors (Lipinski definition) is 1. The minimum Gasteiger partial charge on any atom is -0.455 e. The molecule has 3 nitrogen and oxygen atoms in total. The van der Waals surface area contributed by atoms with E-state index in [0.29, 0.717) is 22.2 Å². The van der Waals surface area contributed by atoms with Crippen LogP contribution in [0.5, 0.6) is 11.5 Å². The molecular formula is C28H24ClNO2S. The highest BCUT2D eigenvalue weighted by Gasteiger charge is 2.17. The normalized spacial score (nSPS) is 11.6. The maximum atomic E-state index is 12.9. The van der Waals surface area contributed by atoms with Crippen molar-refractivity contribution in [3.63, 3.8) is 0 Å². The summed E-state index contributed by atoms with van der Waals surface area (Å²) in [6.45, 7) is 2.02. The second-order valence-electron chi connectivity index (χ2n) is 7.62. The van der Waals surface area contributed by atoms with E-state index in [-0.39, 0.29) is 11.2 Å². The van der Waals surface area contributed by atoms with E-state index in [1.165, 1.54) is 0 Å². The summed E-state index contributed by atoms with van der Waals surface area (Å²) in [4.78, 5) is 12.9. The molecule has 1 atom stereocenters. The predicted octanol–water partition coefficient (Wildman–Crippen LogP) is 7.90. The number of amides is 1. The zero-order valence-electron chi connectivity index (χ0n) is 18.2. The van der Waals surface area contributed by atoms with Crippen LogP contribution in [0.25, 0.3) is 0 Å².